The second-order valence-electron chi connectivity index (χ2n) is 6.62. The van der Waals surface area contributed by atoms with Crippen molar-refractivity contribution in [1.82, 2.24) is 10.6 Å². The lowest BCUT2D eigenvalue weighted by molar-refractivity contribution is -0.0949. The molecule has 0 radical (unpaired) electrons. The molecule has 2 atom stereocenters. The van der Waals surface area contributed by atoms with E-state index in [9.17, 15) is 0 Å². The van der Waals surface area contributed by atoms with Crippen LogP contribution in [0, 0.1) is 0 Å². The fourth-order valence-electron chi connectivity index (χ4n) is 2.18. The molecule has 0 saturated carbocycles. The second-order valence-corrected chi connectivity index (χ2v) is 6.62. The molecule has 0 aliphatic heterocycles. The molecule has 0 fully saturated rings. The average Bonchev–Trinajstić information content (AvgIpc) is 2.55. The van der Waals surface area contributed by atoms with E-state index in [0.29, 0.717) is 0 Å². The van der Waals surface area contributed by atoms with Crippen LogP contribution in [0.15, 0.2) is 0 Å². The van der Waals surface area contributed by atoms with Gasteiger partial charge in [0.15, 0.2) is 0 Å². The number of ether oxygens (including phenoxy) is 3. The first-order chi connectivity index (χ1) is 10.9. The summed E-state index contributed by atoms with van der Waals surface area (Å²) in [6, 6.07) is 0. The van der Waals surface area contributed by atoms with Gasteiger partial charge in [0.25, 0.3) is 0 Å². The Hall–Kier alpha value is -0.200. The maximum atomic E-state index is 6.20. The highest BCUT2D eigenvalue weighted by molar-refractivity contribution is 4.77. The molecule has 0 spiro atoms. The number of hydrogen-bond donors (Lipinski definition) is 2. The van der Waals surface area contributed by atoms with Gasteiger partial charge in [-0.3, -0.25) is 0 Å². The third-order valence-electron chi connectivity index (χ3n) is 4.65. The lowest BCUT2D eigenvalue weighted by Crippen LogP contribution is -2.36. The lowest BCUT2D eigenvalue weighted by atomic mass is 9.97. The van der Waals surface area contributed by atoms with Crippen molar-refractivity contribution in [1.29, 1.82) is 0 Å². The maximum Gasteiger partial charge on any atom is 0.0674 e. The van der Waals surface area contributed by atoms with Crippen LogP contribution in [0.1, 0.15) is 53.4 Å². The minimum atomic E-state index is -0.112. The molecule has 5 nitrogen and oxygen atoms in total. The molecule has 0 aliphatic carbocycles. The molecule has 23 heavy (non-hydrogen) atoms. The molecule has 0 aromatic carbocycles. The van der Waals surface area contributed by atoms with E-state index in [0.717, 1.165) is 65.2 Å². The molecule has 0 aliphatic rings. The predicted octanol–water partition coefficient (Wildman–Crippen LogP) is 2.59. The molecular weight excluding hydrogens is 292 g/mol. The van der Waals surface area contributed by atoms with Gasteiger partial charge in [-0.15, -0.1) is 0 Å². The summed E-state index contributed by atoms with van der Waals surface area (Å²) >= 11 is 0. The topological polar surface area (TPSA) is 51.8 Å². The summed E-state index contributed by atoms with van der Waals surface area (Å²) in [7, 11) is 3.88. The Balaban J connectivity index is 4.10. The van der Waals surface area contributed by atoms with Gasteiger partial charge in [-0.05, 0) is 53.6 Å². The smallest absolute Gasteiger partial charge is 0.0674 e. The largest absolute Gasteiger partial charge is 0.380 e. The van der Waals surface area contributed by atoms with Gasteiger partial charge in [0.2, 0.25) is 0 Å². The zero-order chi connectivity index (χ0) is 17.6. The molecule has 0 aromatic rings. The van der Waals surface area contributed by atoms with Crippen LogP contribution in [0.5, 0.6) is 0 Å². The van der Waals surface area contributed by atoms with Crippen LogP contribution >= 0.6 is 0 Å². The maximum absolute atomic E-state index is 6.20. The van der Waals surface area contributed by atoms with Gasteiger partial charge >= 0.3 is 0 Å². The molecule has 0 saturated heterocycles. The number of likely N-dealkylation sites (N-methyl/N-ethyl adjacent to an activating group) is 2. The Labute approximate surface area is 143 Å². The fraction of sp³-hybridized carbons (Fsp3) is 1.00. The molecule has 0 heterocycles. The van der Waals surface area contributed by atoms with Crippen molar-refractivity contribution in [2.75, 3.05) is 53.6 Å². The molecule has 0 bridgehead atoms. The Morgan fingerprint density at radius 3 is 1.70 bits per heavy atom. The lowest BCUT2D eigenvalue weighted by Gasteiger charge is -2.33. The number of hydrogen-bond acceptors (Lipinski definition) is 5. The Kier molecular flexibility index (Phi) is 13.0. The zero-order valence-corrected chi connectivity index (χ0v) is 16.3. The fourth-order valence-corrected chi connectivity index (χ4v) is 2.18. The molecule has 0 amide bonds. The minimum absolute atomic E-state index is 0.102. The monoisotopic (exact) mass is 332 g/mol. The summed E-state index contributed by atoms with van der Waals surface area (Å²) < 4.78 is 17.8. The van der Waals surface area contributed by atoms with Crippen molar-refractivity contribution >= 4 is 0 Å². The highest BCUT2D eigenvalue weighted by atomic mass is 16.5. The molecule has 1 unspecified atom stereocenters. The van der Waals surface area contributed by atoms with Crippen LogP contribution in [-0.4, -0.2) is 64.8 Å². The number of rotatable bonds is 16. The second kappa shape index (κ2) is 13.1. The van der Waals surface area contributed by atoms with Gasteiger partial charge in [-0.25, -0.2) is 0 Å². The van der Waals surface area contributed by atoms with E-state index in [4.69, 9.17) is 14.2 Å². The first-order valence-corrected chi connectivity index (χ1v) is 9.10. The minimum Gasteiger partial charge on any atom is -0.380 e. The molecule has 0 rings (SSSR count). The standard InChI is InChI=1S/C18H40N2O3/c1-7-17(3,9-13-21-15-11-19-5)22-14-10-18(4,8-2)23-16-12-20-6/h19-20H,7-16H2,1-6H3/t17-,18?/m0/s1. The Morgan fingerprint density at radius 2 is 1.17 bits per heavy atom. The normalized spacial score (nSPS) is 17.0. The molecular formula is C18H40N2O3. The van der Waals surface area contributed by atoms with Crippen LogP contribution in [0.4, 0.5) is 0 Å². The van der Waals surface area contributed by atoms with Gasteiger partial charge in [0.1, 0.15) is 0 Å². The van der Waals surface area contributed by atoms with Crippen molar-refractivity contribution in [3.8, 4) is 0 Å². The van der Waals surface area contributed by atoms with Crippen molar-refractivity contribution in [2.24, 2.45) is 0 Å². The van der Waals surface area contributed by atoms with E-state index < -0.39 is 0 Å². The van der Waals surface area contributed by atoms with Crippen molar-refractivity contribution < 1.29 is 14.2 Å². The third kappa shape index (κ3) is 11.1. The average molecular weight is 333 g/mol. The first kappa shape index (κ1) is 22.8. The summed E-state index contributed by atoms with van der Waals surface area (Å²) in [5.74, 6) is 0. The van der Waals surface area contributed by atoms with E-state index in [-0.39, 0.29) is 11.2 Å². The summed E-state index contributed by atoms with van der Waals surface area (Å²) in [5, 5.41) is 6.20. The van der Waals surface area contributed by atoms with E-state index in [1.54, 1.807) is 0 Å². The van der Waals surface area contributed by atoms with Crippen LogP contribution in [0.2, 0.25) is 0 Å². The highest BCUT2D eigenvalue weighted by Gasteiger charge is 2.26. The summed E-state index contributed by atoms with van der Waals surface area (Å²) in [6.07, 6.45) is 3.84. The molecule has 0 aromatic heterocycles. The van der Waals surface area contributed by atoms with Crippen LogP contribution in [-0.2, 0) is 14.2 Å². The van der Waals surface area contributed by atoms with Gasteiger partial charge in [-0.1, -0.05) is 13.8 Å². The highest BCUT2D eigenvalue weighted by Crippen LogP contribution is 2.24. The molecule has 140 valence electrons. The van der Waals surface area contributed by atoms with Crippen LogP contribution < -0.4 is 10.6 Å². The van der Waals surface area contributed by atoms with Gasteiger partial charge in [0.05, 0.1) is 31.0 Å². The van der Waals surface area contributed by atoms with Gasteiger partial charge < -0.3 is 24.8 Å². The van der Waals surface area contributed by atoms with Gasteiger partial charge in [0, 0.05) is 19.7 Å². The summed E-state index contributed by atoms with van der Waals surface area (Å²) in [6.45, 7) is 13.4. The molecule has 2 N–H and O–H groups in total. The Morgan fingerprint density at radius 1 is 0.696 bits per heavy atom. The Bertz CT molecular complexity index is 279. The van der Waals surface area contributed by atoms with Crippen molar-refractivity contribution in [2.45, 2.75) is 64.6 Å². The van der Waals surface area contributed by atoms with Crippen LogP contribution in [0.25, 0.3) is 0 Å². The quantitative estimate of drug-likeness (QED) is 0.426. The van der Waals surface area contributed by atoms with Crippen molar-refractivity contribution in [3.05, 3.63) is 0 Å². The van der Waals surface area contributed by atoms with Gasteiger partial charge in [-0.2, -0.15) is 0 Å². The third-order valence-corrected chi connectivity index (χ3v) is 4.65. The van der Waals surface area contributed by atoms with E-state index in [1.165, 1.54) is 0 Å². The summed E-state index contributed by atoms with van der Waals surface area (Å²) in [4.78, 5) is 0. The van der Waals surface area contributed by atoms with E-state index in [2.05, 4.69) is 38.3 Å². The zero-order valence-electron chi connectivity index (χ0n) is 16.3. The first-order valence-electron chi connectivity index (χ1n) is 9.10. The number of nitrogens with one attached hydrogen (secondary N) is 2. The van der Waals surface area contributed by atoms with E-state index in [1.807, 2.05) is 14.1 Å². The predicted molar refractivity (Wildman–Crippen MR) is 97.2 cm³/mol. The SMILES string of the molecule is CCC(C)(CCO[C@@](C)(CC)CCOCCNC)OCCNC. The van der Waals surface area contributed by atoms with E-state index >= 15 is 0 Å². The molecule has 5 heteroatoms. The van der Waals surface area contributed by atoms with Crippen LogP contribution in [0.3, 0.4) is 0 Å². The van der Waals surface area contributed by atoms with Crippen molar-refractivity contribution in [3.63, 3.8) is 0 Å². The summed E-state index contributed by atoms with van der Waals surface area (Å²) in [5.41, 5.74) is -0.214.